The number of rotatable bonds is 3. The Hall–Kier alpha value is -1.53. The van der Waals surface area contributed by atoms with Crippen LogP contribution in [0.5, 0.6) is 5.75 Å². The van der Waals surface area contributed by atoms with E-state index in [0.29, 0.717) is 6.07 Å². The fraction of sp³-hybridized carbons (Fsp3) is 0. The summed E-state index contributed by atoms with van der Waals surface area (Å²) in [5.41, 5.74) is -2.68. The van der Waals surface area contributed by atoms with Gasteiger partial charge in [0, 0.05) is 0 Å². The number of hydrogen-bond acceptors (Lipinski definition) is 6. The Morgan fingerprint density at radius 2 is 1.62 bits per heavy atom. The van der Waals surface area contributed by atoms with Crippen LogP contribution < -0.4 is 10.00 Å². The minimum atomic E-state index is -5.02. The van der Waals surface area contributed by atoms with Gasteiger partial charge in [-0.3, -0.25) is 0 Å². The summed E-state index contributed by atoms with van der Waals surface area (Å²) in [6, 6.07) is 2.16. The van der Waals surface area contributed by atoms with E-state index in [1.165, 1.54) is 0 Å². The Labute approximate surface area is 89.8 Å². The summed E-state index contributed by atoms with van der Waals surface area (Å²) in [6.45, 7) is 0. The predicted octanol–water partition coefficient (Wildman–Crippen LogP) is -1.29. The minimum Gasteiger partial charge on any atom is -0.872 e. The van der Waals surface area contributed by atoms with Gasteiger partial charge in [0.25, 0.3) is 0 Å². The number of benzene rings is 1. The SMILES string of the molecule is O=C(O)c1cc([O-])cc(C(=O)[P+]([O-])(O)O)c1. The van der Waals surface area contributed by atoms with Crippen LogP contribution >= 0.6 is 7.94 Å². The molecule has 3 N–H and O–H groups in total. The Kier molecular flexibility index (Phi) is 3.25. The normalized spacial score (nSPS) is 11.2. The molecule has 0 aliphatic rings. The van der Waals surface area contributed by atoms with Crippen molar-refractivity contribution in [3.63, 3.8) is 0 Å². The van der Waals surface area contributed by atoms with Crippen LogP contribution in [-0.2, 0) is 0 Å². The number of carboxylic acids is 1. The maximum Gasteiger partial charge on any atom is 0.352 e. The molecule has 0 atom stereocenters. The molecule has 0 radical (unpaired) electrons. The first kappa shape index (κ1) is 12.5. The van der Waals surface area contributed by atoms with E-state index in [4.69, 9.17) is 14.9 Å². The van der Waals surface area contributed by atoms with Gasteiger partial charge in [0.2, 0.25) is 0 Å². The van der Waals surface area contributed by atoms with Crippen LogP contribution in [0.2, 0.25) is 0 Å². The molecule has 0 heterocycles. The van der Waals surface area contributed by atoms with Crippen molar-refractivity contribution in [2.75, 3.05) is 0 Å². The number of hydrogen-bond donors (Lipinski definition) is 3. The molecule has 0 saturated carbocycles. The molecule has 0 unspecified atom stereocenters. The van der Waals surface area contributed by atoms with Gasteiger partial charge in [-0.25, -0.2) is 19.4 Å². The Morgan fingerprint density at radius 3 is 2.06 bits per heavy atom. The molecule has 7 nitrogen and oxygen atoms in total. The summed E-state index contributed by atoms with van der Waals surface area (Å²) in [5, 5.41) is 19.6. The van der Waals surface area contributed by atoms with Gasteiger partial charge in [-0.1, -0.05) is 12.1 Å². The third-order valence-corrected chi connectivity index (χ3v) is 2.45. The molecule has 16 heavy (non-hydrogen) atoms. The zero-order valence-electron chi connectivity index (χ0n) is 7.65. The molecule has 86 valence electrons. The second kappa shape index (κ2) is 4.15. The molecule has 0 spiro atoms. The molecular formula is C8H6O7P-. The average molecular weight is 245 g/mol. The van der Waals surface area contributed by atoms with Gasteiger partial charge >= 0.3 is 19.4 Å². The second-order valence-corrected chi connectivity index (χ2v) is 4.39. The fourth-order valence-corrected chi connectivity index (χ4v) is 1.48. The van der Waals surface area contributed by atoms with Gasteiger partial charge in [-0.15, -0.1) is 5.75 Å². The predicted molar refractivity (Wildman–Crippen MR) is 48.5 cm³/mol. The van der Waals surface area contributed by atoms with Crippen LogP contribution in [0, 0.1) is 0 Å². The van der Waals surface area contributed by atoms with Crippen molar-refractivity contribution in [2.45, 2.75) is 0 Å². The van der Waals surface area contributed by atoms with Crippen LogP contribution in [0.1, 0.15) is 20.7 Å². The summed E-state index contributed by atoms with van der Waals surface area (Å²) in [6.07, 6.45) is 0. The quantitative estimate of drug-likeness (QED) is 0.562. The first-order valence-electron chi connectivity index (χ1n) is 3.87. The maximum atomic E-state index is 11.1. The highest BCUT2D eigenvalue weighted by Crippen LogP contribution is 2.43. The van der Waals surface area contributed by atoms with Gasteiger partial charge in [0.15, 0.2) is 0 Å². The third kappa shape index (κ3) is 2.74. The highest BCUT2D eigenvalue weighted by atomic mass is 31.2. The molecule has 0 aliphatic carbocycles. The standard InChI is InChI=1S/C8H7O7P/c9-6-2-4(7(10)11)1-5(3-6)8(12)16(13,14)15/h1-3,9H,(H,10,11)(H2,13,14,15)/p-1. The minimum absolute atomic E-state index is 0.496. The summed E-state index contributed by atoms with van der Waals surface area (Å²) in [5.74, 6) is -2.27. The number of carbonyl (C=O) groups excluding carboxylic acids is 1. The zero-order chi connectivity index (χ0) is 12.5. The topological polar surface area (TPSA) is 141 Å². The highest BCUT2D eigenvalue weighted by Gasteiger charge is 2.33. The van der Waals surface area contributed by atoms with E-state index in [2.05, 4.69) is 0 Å². The van der Waals surface area contributed by atoms with E-state index < -0.39 is 36.3 Å². The molecule has 0 bridgehead atoms. The lowest BCUT2D eigenvalue weighted by atomic mass is 10.1. The van der Waals surface area contributed by atoms with E-state index >= 15 is 0 Å². The monoisotopic (exact) mass is 245 g/mol. The van der Waals surface area contributed by atoms with Crippen molar-refractivity contribution in [1.29, 1.82) is 0 Å². The molecule has 1 aromatic rings. The summed E-state index contributed by atoms with van der Waals surface area (Å²) in [4.78, 5) is 49.4. The zero-order valence-corrected chi connectivity index (χ0v) is 8.55. The lowest BCUT2D eigenvalue weighted by Crippen LogP contribution is -2.18. The smallest absolute Gasteiger partial charge is 0.352 e. The van der Waals surface area contributed by atoms with Crippen LogP contribution in [0.15, 0.2) is 18.2 Å². The summed E-state index contributed by atoms with van der Waals surface area (Å²) in [7, 11) is -5.02. The molecule has 8 heteroatoms. The number of aromatic carboxylic acids is 1. The molecule has 0 aliphatic heterocycles. The molecule has 0 amide bonds. The maximum absolute atomic E-state index is 11.1. The lowest BCUT2D eigenvalue weighted by molar-refractivity contribution is -0.268. The highest BCUT2D eigenvalue weighted by molar-refractivity contribution is 7.75. The van der Waals surface area contributed by atoms with Crippen LogP contribution in [0.25, 0.3) is 0 Å². The van der Waals surface area contributed by atoms with Gasteiger partial charge in [-0.2, -0.15) is 0 Å². The van der Waals surface area contributed by atoms with Crippen molar-refractivity contribution in [2.24, 2.45) is 0 Å². The van der Waals surface area contributed by atoms with Crippen LogP contribution in [0.3, 0.4) is 0 Å². The lowest BCUT2D eigenvalue weighted by Gasteiger charge is -2.14. The van der Waals surface area contributed by atoms with Crippen molar-refractivity contribution < 1.29 is 34.5 Å². The van der Waals surface area contributed by atoms with E-state index in [1.54, 1.807) is 0 Å². The Balaban J connectivity index is 3.26. The largest absolute Gasteiger partial charge is 0.872 e. The van der Waals surface area contributed by atoms with Crippen LogP contribution in [-0.4, -0.2) is 26.4 Å². The molecule has 1 rings (SSSR count). The first-order valence-corrected chi connectivity index (χ1v) is 5.49. The van der Waals surface area contributed by atoms with Gasteiger partial charge in [0.05, 0.1) is 11.1 Å². The van der Waals surface area contributed by atoms with Gasteiger partial charge in [-0.05, 0) is 6.07 Å². The molecular weight excluding hydrogens is 239 g/mol. The molecule has 0 aromatic heterocycles. The van der Waals surface area contributed by atoms with Crippen LogP contribution in [0.4, 0.5) is 0 Å². The van der Waals surface area contributed by atoms with Crippen molar-refractivity contribution in [3.05, 3.63) is 29.3 Å². The van der Waals surface area contributed by atoms with E-state index in [0.717, 1.165) is 12.1 Å². The fourth-order valence-electron chi connectivity index (χ4n) is 1.01. The molecule has 0 saturated heterocycles. The average Bonchev–Trinajstić information content (AvgIpc) is 2.14. The Morgan fingerprint density at radius 1 is 1.12 bits per heavy atom. The van der Waals surface area contributed by atoms with E-state index in [1.807, 2.05) is 0 Å². The number of carbonyl (C=O) groups is 2. The van der Waals surface area contributed by atoms with Gasteiger partial charge in [0.1, 0.15) is 0 Å². The van der Waals surface area contributed by atoms with Crippen molar-refractivity contribution in [3.8, 4) is 5.75 Å². The number of carboxylic acid groups (broad SMARTS) is 1. The van der Waals surface area contributed by atoms with Crippen molar-refractivity contribution in [1.82, 2.24) is 0 Å². The second-order valence-electron chi connectivity index (χ2n) is 2.90. The summed E-state index contributed by atoms with van der Waals surface area (Å²) >= 11 is 0. The third-order valence-electron chi connectivity index (χ3n) is 1.66. The van der Waals surface area contributed by atoms with E-state index in [9.17, 15) is 19.6 Å². The van der Waals surface area contributed by atoms with Gasteiger partial charge < -0.3 is 15.1 Å². The molecule has 0 fully saturated rings. The first-order chi connectivity index (χ1) is 7.21. The summed E-state index contributed by atoms with van der Waals surface area (Å²) < 4.78 is 0. The Bertz CT molecular complexity index is 448. The van der Waals surface area contributed by atoms with Crippen molar-refractivity contribution >= 4 is 19.4 Å². The molecule has 1 aromatic carbocycles. The van der Waals surface area contributed by atoms with E-state index in [-0.39, 0.29) is 0 Å².